The average Bonchev–Trinajstić information content (AvgIpc) is 3.12. The summed E-state index contributed by atoms with van der Waals surface area (Å²) in [5.74, 6) is 1.65. The molecular formula is C26H22O6. The molecule has 0 saturated carbocycles. The zero-order valence-corrected chi connectivity index (χ0v) is 18.0. The number of ketones is 1. The molecule has 0 saturated heterocycles. The predicted octanol–water partition coefficient (Wildman–Crippen LogP) is 4.78. The highest BCUT2D eigenvalue weighted by Gasteiger charge is 2.30. The van der Waals surface area contributed by atoms with Gasteiger partial charge in [0.1, 0.15) is 23.0 Å². The highest BCUT2D eigenvalue weighted by Crippen LogP contribution is 2.39. The van der Waals surface area contributed by atoms with Gasteiger partial charge in [0.2, 0.25) is 5.78 Å². The van der Waals surface area contributed by atoms with Gasteiger partial charge in [0, 0.05) is 11.1 Å². The minimum Gasteiger partial charge on any atom is -0.497 e. The number of esters is 1. The number of methoxy groups -OCH3 is 2. The molecule has 0 fully saturated rings. The van der Waals surface area contributed by atoms with Crippen molar-refractivity contribution in [1.29, 1.82) is 0 Å². The van der Waals surface area contributed by atoms with Crippen LogP contribution in [0.3, 0.4) is 0 Å². The van der Waals surface area contributed by atoms with Crippen LogP contribution < -0.4 is 18.9 Å². The number of hydrogen-bond acceptors (Lipinski definition) is 6. The van der Waals surface area contributed by atoms with Gasteiger partial charge in [-0.05, 0) is 48.9 Å². The molecule has 0 atom stereocenters. The van der Waals surface area contributed by atoms with Gasteiger partial charge in [-0.15, -0.1) is 0 Å². The lowest BCUT2D eigenvalue weighted by molar-refractivity contribution is -0.133. The number of Topliss-reactive ketones (excluding diaryl/α,β-unsaturated/α-hetero) is 1. The van der Waals surface area contributed by atoms with E-state index in [0.717, 1.165) is 16.9 Å². The van der Waals surface area contributed by atoms with E-state index >= 15 is 0 Å². The molecule has 6 nitrogen and oxygen atoms in total. The van der Waals surface area contributed by atoms with Crippen molar-refractivity contribution in [1.82, 2.24) is 0 Å². The van der Waals surface area contributed by atoms with Gasteiger partial charge >= 0.3 is 5.97 Å². The molecule has 0 N–H and O–H groups in total. The summed E-state index contributed by atoms with van der Waals surface area (Å²) in [7, 11) is 3.16. The first-order chi connectivity index (χ1) is 15.5. The van der Waals surface area contributed by atoms with Crippen molar-refractivity contribution < 1.29 is 28.5 Å². The third kappa shape index (κ3) is 4.21. The Kier molecular flexibility index (Phi) is 5.94. The van der Waals surface area contributed by atoms with Crippen molar-refractivity contribution in [3.63, 3.8) is 0 Å². The maximum atomic E-state index is 12.8. The second kappa shape index (κ2) is 8.98. The van der Waals surface area contributed by atoms with Gasteiger partial charge in [0.05, 0.1) is 26.2 Å². The lowest BCUT2D eigenvalue weighted by atomic mass is 10.1. The lowest BCUT2D eigenvalue weighted by Crippen LogP contribution is -2.12. The second-order valence-electron chi connectivity index (χ2n) is 7.25. The summed E-state index contributed by atoms with van der Waals surface area (Å²) in [4.78, 5) is 25.3. The maximum absolute atomic E-state index is 12.8. The van der Waals surface area contributed by atoms with E-state index in [1.807, 2.05) is 36.4 Å². The summed E-state index contributed by atoms with van der Waals surface area (Å²) in [6.07, 6.45) is 1.76. The van der Waals surface area contributed by atoms with E-state index in [0.29, 0.717) is 28.4 Å². The summed E-state index contributed by atoms with van der Waals surface area (Å²) in [5.41, 5.74) is 2.55. The van der Waals surface area contributed by atoms with Crippen molar-refractivity contribution in [2.45, 2.75) is 13.3 Å². The molecule has 32 heavy (non-hydrogen) atoms. The summed E-state index contributed by atoms with van der Waals surface area (Å²) in [6, 6.07) is 17.8. The van der Waals surface area contributed by atoms with E-state index < -0.39 is 5.97 Å². The van der Waals surface area contributed by atoms with Crippen LogP contribution in [0.5, 0.6) is 23.0 Å². The molecule has 3 aromatic carbocycles. The third-order valence-corrected chi connectivity index (χ3v) is 5.19. The fourth-order valence-corrected chi connectivity index (χ4v) is 3.47. The number of benzene rings is 3. The first-order valence-electron chi connectivity index (χ1n) is 10.0. The molecule has 1 aliphatic heterocycles. The highest BCUT2D eigenvalue weighted by molar-refractivity contribution is 6.15. The second-order valence-corrected chi connectivity index (χ2v) is 7.25. The Balaban J connectivity index is 1.53. The fourth-order valence-electron chi connectivity index (χ4n) is 3.47. The lowest BCUT2D eigenvalue weighted by Gasteiger charge is -2.10. The van der Waals surface area contributed by atoms with Gasteiger partial charge in [-0.2, -0.15) is 0 Å². The monoisotopic (exact) mass is 430 g/mol. The van der Waals surface area contributed by atoms with E-state index in [1.165, 1.54) is 0 Å². The summed E-state index contributed by atoms with van der Waals surface area (Å²) in [5, 5.41) is 0. The van der Waals surface area contributed by atoms with Gasteiger partial charge in [0.15, 0.2) is 5.76 Å². The average molecular weight is 430 g/mol. The quantitative estimate of drug-likeness (QED) is 0.319. The number of allylic oxidation sites excluding steroid dienone is 1. The van der Waals surface area contributed by atoms with Crippen LogP contribution >= 0.6 is 0 Å². The van der Waals surface area contributed by atoms with Crippen LogP contribution in [0.4, 0.5) is 0 Å². The van der Waals surface area contributed by atoms with Gasteiger partial charge < -0.3 is 18.9 Å². The van der Waals surface area contributed by atoms with Gasteiger partial charge in [-0.25, -0.2) is 0 Å². The Morgan fingerprint density at radius 2 is 1.69 bits per heavy atom. The number of ether oxygens (including phenoxy) is 4. The van der Waals surface area contributed by atoms with Crippen LogP contribution in [0.1, 0.15) is 27.0 Å². The van der Waals surface area contributed by atoms with Gasteiger partial charge in [0.25, 0.3) is 0 Å². The SMILES string of the molecule is COc1ccc(CC(=O)Oc2ccc3c(c2C)O/C(=C\c2ccccc2OC)C3=O)cc1. The van der Waals surface area contributed by atoms with Crippen LogP contribution in [0.15, 0.2) is 66.4 Å². The molecule has 0 spiro atoms. The van der Waals surface area contributed by atoms with E-state index in [4.69, 9.17) is 18.9 Å². The van der Waals surface area contributed by atoms with Crippen molar-refractivity contribution >= 4 is 17.8 Å². The molecular weight excluding hydrogens is 408 g/mol. The molecule has 3 aromatic rings. The predicted molar refractivity (Wildman–Crippen MR) is 119 cm³/mol. The Morgan fingerprint density at radius 1 is 0.938 bits per heavy atom. The van der Waals surface area contributed by atoms with Crippen LogP contribution in [0.25, 0.3) is 6.08 Å². The first kappa shape index (κ1) is 21.2. The fraction of sp³-hybridized carbons (Fsp3) is 0.154. The Hall–Kier alpha value is -4.06. The van der Waals surface area contributed by atoms with Crippen LogP contribution in [0.2, 0.25) is 0 Å². The number of para-hydroxylation sites is 1. The number of carbonyl (C=O) groups excluding carboxylic acids is 2. The van der Waals surface area contributed by atoms with Gasteiger partial charge in [-0.1, -0.05) is 30.3 Å². The van der Waals surface area contributed by atoms with Crippen molar-refractivity contribution in [3.8, 4) is 23.0 Å². The van der Waals surface area contributed by atoms with Crippen LogP contribution in [0, 0.1) is 6.92 Å². The Morgan fingerprint density at radius 3 is 2.41 bits per heavy atom. The summed E-state index contributed by atoms with van der Waals surface area (Å²) < 4.78 is 21.9. The molecule has 0 aliphatic carbocycles. The summed E-state index contributed by atoms with van der Waals surface area (Å²) >= 11 is 0. The molecule has 0 radical (unpaired) electrons. The molecule has 6 heteroatoms. The first-order valence-corrected chi connectivity index (χ1v) is 10.0. The molecule has 1 heterocycles. The molecule has 0 bridgehead atoms. The van der Waals surface area contributed by atoms with Crippen molar-refractivity contribution in [2.75, 3.05) is 14.2 Å². The molecule has 0 aromatic heterocycles. The molecule has 0 unspecified atom stereocenters. The summed E-state index contributed by atoms with van der Waals surface area (Å²) in [6.45, 7) is 1.76. The molecule has 1 aliphatic rings. The zero-order valence-electron chi connectivity index (χ0n) is 18.0. The molecule has 0 amide bonds. The highest BCUT2D eigenvalue weighted by atomic mass is 16.5. The topological polar surface area (TPSA) is 71.1 Å². The van der Waals surface area contributed by atoms with Crippen LogP contribution in [-0.4, -0.2) is 26.0 Å². The van der Waals surface area contributed by atoms with Gasteiger partial charge in [-0.3, -0.25) is 9.59 Å². The van der Waals surface area contributed by atoms with Crippen LogP contribution in [-0.2, 0) is 11.2 Å². The molecule has 162 valence electrons. The smallest absolute Gasteiger partial charge is 0.315 e. The molecule has 4 rings (SSSR count). The van der Waals surface area contributed by atoms with E-state index in [2.05, 4.69) is 0 Å². The largest absolute Gasteiger partial charge is 0.497 e. The number of carbonyl (C=O) groups is 2. The normalized spacial score (nSPS) is 13.5. The van der Waals surface area contributed by atoms with E-state index in [9.17, 15) is 9.59 Å². The number of fused-ring (bicyclic) bond motifs is 1. The van der Waals surface area contributed by atoms with Crippen molar-refractivity contribution in [2.24, 2.45) is 0 Å². The third-order valence-electron chi connectivity index (χ3n) is 5.19. The Bertz CT molecular complexity index is 1210. The van der Waals surface area contributed by atoms with E-state index in [1.54, 1.807) is 51.5 Å². The minimum absolute atomic E-state index is 0.110. The van der Waals surface area contributed by atoms with E-state index in [-0.39, 0.29) is 18.0 Å². The number of rotatable bonds is 6. The standard InChI is InChI=1S/C26H22O6/c1-16-21(31-24(27)14-17-8-10-19(29-2)11-9-17)13-12-20-25(28)23(32-26(16)20)15-18-6-4-5-7-22(18)30-3/h4-13,15H,14H2,1-3H3/b23-15-. The number of hydrogen-bond donors (Lipinski definition) is 0. The van der Waals surface area contributed by atoms with Crippen molar-refractivity contribution in [3.05, 3.63) is 88.7 Å². The minimum atomic E-state index is -0.410. The Labute approximate surface area is 186 Å². The maximum Gasteiger partial charge on any atom is 0.315 e. The zero-order chi connectivity index (χ0) is 22.7.